The Hall–Kier alpha value is -2.22. The van der Waals surface area contributed by atoms with Gasteiger partial charge in [0.25, 0.3) is 11.8 Å². The fourth-order valence-corrected chi connectivity index (χ4v) is 1.81. The Labute approximate surface area is 108 Å². The minimum absolute atomic E-state index is 0.160. The van der Waals surface area contributed by atoms with E-state index in [0.29, 0.717) is 11.3 Å². The molecule has 0 bridgehead atoms. The van der Waals surface area contributed by atoms with Gasteiger partial charge in [-0.1, -0.05) is 0 Å². The van der Waals surface area contributed by atoms with E-state index in [1.165, 1.54) is 12.2 Å². The summed E-state index contributed by atoms with van der Waals surface area (Å²) in [5.41, 5.74) is 0. The molecule has 1 aliphatic rings. The van der Waals surface area contributed by atoms with E-state index in [4.69, 9.17) is 10.2 Å². The van der Waals surface area contributed by atoms with Crippen molar-refractivity contribution in [3.8, 4) is 0 Å². The molecule has 0 radical (unpaired) electrons. The van der Waals surface area contributed by atoms with E-state index < -0.39 is 23.8 Å². The minimum atomic E-state index is -1.09. The van der Waals surface area contributed by atoms with E-state index in [0.717, 1.165) is 4.90 Å². The zero-order chi connectivity index (χ0) is 14.4. The number of carbonyl (C=O) groups excluding carboxylic acids is 2. The predicted octanol–water partition coefficient (Wildman–Crippen LogP) is -2.64. The van der Waals surface area contributed by atoms with Crippen molar-refractivity contribution in [2.75, 3.05) is 26.2 Å². The van der Waals surface area contributed by atoms with Gasteiger partial charge in [-0.2, -0.15) is 0 Å². The first-order valence-corrected chi connectivity index (χ1v) is 5.71. The van der Waals surface area contributed by atoms with Crippen LogP contribution < -0.4 is 4.90 Å². The molecule has 0 saturated heterocycles. The number of amides is 2. The Morgan fingerprint density at radius 2 is 1.53 bits per heavy atom. The van der Waals surface area contributed by atoms with Gasteiger partial charge in [-0.15, -0.1) is 0 Å². The summed E-state index contributed by atoms with van der Waals surface area (Å²) in [6.45, 7) is -0.206. The summed E-state index contributed by atoms with van der Waals surface area (Å²) in [7, 11) is 0. The van der Waals surface area contributed by atoms with E-state index in [2.05, 4.69) is 0 Å². The molecule has 0 aromatic carbocycles. The molecule has 3 N–H and O–H groups in total. The highest BCUT2D eigenvalue weighted by molar-refractivity contribution is 6.12. The summed E-state index contributed by atoms with van der Waals surface area (Å²) in [6.07, 6.45) is 2.69. The lowest BCUT2D eigenvalue weighted by atomic mass is 10.3. The zero-order valence-electron chi connectivity index (χ0n) is 10.2. The smallest absolute Gasteiger partial charge is 0.359 e. The summed E-state index contributed by atoms with van der Waals surface area (Å²) in [6, 6.07) is 0. The molecular formula is C11H15N2O6+. The van der Waals surface area contributed by atoms with E-state index in [1.54, 1.807) is 0 Å². The summed E-state index contributed by atoms with van der Waals surface area (Å²) < 4.78 is 0. The average molecular weight is 271 g/mol. The molecule has 1 rings (SSSR count). The van der Waals surface area contributed by atoms with Gasteiger partial charge in [0.2, 0.25) is 0 Å². The molecule has 0 spiro atoms. The van der Waals surface area contributed by atoms with Crippen molar-refractivity contribution in [3.05, 3.63) is 12.2 Å². The fourth-order valence-electron chi connectivity index (χ4n) is 1.81. The quantitative estimate of drug-likeness (QED) is 0.415. The van der Waals surface area contributed by atoms with E-state index in [-0.39, 0.29) is 26.2 Å². The lowest BCUT2D eigenvalue weighted by Crippen LogP contribution is -3.13. The highest BCUT2D eigenvalue weighted by atomic mass is 16.4. The molecule has 19 heavy (non-hydrogen) atoms. The number of rotatable bonds is 8. The second-order valence-electron chi connectivity index (χ2n) is 4.16. The largest absolute Gasteiger partial charge is 0.477 e. The molecule has 1 aliphatic heterocycles. The van der Waals surface area contributed by atoms with Gasteiger partial charge in [0, 0.05) is 25.1 Å². The standard InChI is InChI=1S/C11H14N2O6/c14-8-2-3-9(15)13(8)5-1-4-12(6-10(16)17)7-11(18)19/h2-3H,1,4-7H2,(H,16,17)(H,18,19)/p+1. The molecule has 8 heteroatoms. The van der Waals surface area contributed by atoms with E-state index >= 15 is 0 Å². The summed E-state index contributed by atoms with van der Waals surface area (Å²) >= 11 is 0. The molecule has 104 valence electrons. The molecule has 0 fully saturated rings. The SMILES string of the molecule is O=C(O)C[NH+](CCCN1C(=O)C=CC1=O)CC(=O)O. The molecule has 0 atom stereocenters. The van der Waals surface area contributed by atoms with Crippen LogP contribution in [0.3, 0.4) is 0 Å². The monoisotopic (exact) mass is 271 g/mol. The number of nitrogens with one attached hydrogen (secondary N) is 1. The number of carboxylic acid groups (broad SMARTS) is 2. The van der Waals surface area contributed by atoms with Crippen LogP contribution in [-0.4, -0.2) is 65.0 Å². The number of quaternary nitrogens is 1. The van der Waals surface area contributed by atoms with Crippen molar-refractivity contribution >= 4 is 23.8 Å². The third-order valence-corrected chi connectivity index (χ3v) is 2.62. The lowest BCUT2D eigenvalue weighted by Gasteiger charge is -2.17. The summed E-state index contributed by atoms with van der Waals surface area (Å²) in [5.74, 6) is -2.98. The lowest BCUT2D eigenvalue weighted by molar-refractivity contribution is -0.885. The molecule has 0 unspecified atom stereocenters. The van der Waals surface area contributed by atoms with Crippen LogP contribution in [0.15, 0.2) is 12.2 Å². The van der Waals surface area contributed by atoms with Crippen molar-refractivity contribution in [2.45, 2.75) is 6.42 Å². The van der Waals surface area contributed by atoms with Crippen LogP contribution in [-0.2, 0) is 19.2 Å². The molecule has 2 amide bonds. The number of carboxylic acids is 2. The number of nitrogens with zero attached hydrogens (tertiary/aromatic N) is 1. The second kappa shape index (κ2) is 6.64. The van der Waals surface area contributed by atoms with Gasteiger partial charge in [0.05, 0.1) is 6.54 Å². The highest BCUT2D eigenvalue weighted by Crippen LogP contribution is 2.03. The van der Waals surface area contributed by atoms with Gasteiger partial charge in [-0.05, 0) is 0 Å². The van der Waals surface area contributed by atoms with Gasteiger partial charge in [0.15, 0.2) is 13.1 Å². The molecular weight excluding hydrogens is 256 g/mol. The molecule has 1 heterocycles. The van der Waals surface area contributed by atoms with Crippen molar-refractivity contribution < 1.29 is 34.3 Å². The Morgan fingerprint density at radius 1 is 1.05 bits per heavy atom. The molecule has 0 aromatic rings. The maximum Gasteiger partial charge on any atom is 0.359 e. The van der Waals surface area contributed by atoms with E-state index in [9.17, 15) is 19.2 Å². The Balaban J connectivity index is 2.39. The fraction of sp³-hybridized carbons (Fsp3) is 0.455. The van der Waals surface area contributed by atoms with Gasteiger partial charge in [0.1, 0.15) is 0 Å². The number of aliphatic carboxylic acids is 2. The van der Waals surface area contributed by atoms with Gasteiger partial charge >= 0.3 is 11.9 Å². The second-order valence-corrected chi connectivity index (χ2v) is 4.16. The maximum absolute atomic E-state index is 11.2. The normalized spacial score (nSPS) is 14.5. The molecule has 0 saturated carbocycles. The van der Waals surface area contributed by atoms with Crippen LogP contribution in [0.4, 0.5) is 0 Å². The maximum atomic E-state index is 11.2. The predicted molar refractivity (Wildman–Crippen MR) is 61.3 cm³/mol. The number of hydrogen-bond donors (Lipinski definition) is 3. The topological polar surface area (TPSA) is 116 Å². The van der Waals surface area contributed by atoms with Crippen molar-refractivity contribution in [1.82, 2.24) is 4.90 Å². The van der Waals surface area contributed by atoms with Crippen LogP contribution in [0.2, 0.25) is 0 Å². The van der Waals surface area contributed by atoms with Crippen LogP contribution in [0.25, 0.3) is 0 Å². The average Bonchev–Trinajstić information content (AvgIpc) is 2.58. The minimum Gasteiger partial charge on any atom is -0.477 e. The highest BCUT2D eigenvalue weighted by Gasteiger charge is 2.24. The van der Waals surface area contributed by atoms with Gasteiger partial charge < -0.3 is 15.1 Å². The van der Waals surface area contributed by atoms with Crippen LogP contribution in [0.5, 0.6) is 0 Å². The summed E-state index contributed by atoms with van der Waals surface area (Å²) in [4.78, 5) is 45.0. The zero-order valence-corrected chi connectivity index (χ0v) is 10.2. The van der Waals surface area contributed by atoms with Crippen LogP contribution >= 0.6 is 0 Å². The Morgan fingerprint density at radius 3 is 1.95 bits per heavy atom. The summed E-state index contributed by atoms with van der Waals surface area (Å²) in [5, 5.41) is 17.3. The third kappa shape index (κ3) is 4.88. The van der Waals surface area contributed by atoms with Gasteiger partial charge in [-0.25, -0.2) is 9.59 Å². The first kappa shape index (κ1) is 14.8. The first-order chi connectivity index (χ1) is 8.90. The van der Waals surface area contributed by atoms with Crippen molar-refractivity contribution in [2.24, 2.45) is 0 Å². The first-order valence-electron chi connectivity index (χ1n) is 5.71. The molecule has 0 aromatic heterocycles. The Kier molecular flexibility index (Phi) is 5.19. The van der Waals surface area contributed by atoms with Crippen LogP contribution in [0.1, 0.15) is 6.42 Å². The van der Waals surface area contributed by atoms with E-state index in [1.807, 2.05) is 0 Å². The molecule has 0 aliphatic carbocycles. The third-order valence-electron chi connectivity index (χ3n) is 2.62. The van der Waals surface area contributed by atoms with Crippen molar-refractivity contribution in [3.63, 3.8) is 0 Å². The van der Waals surface area contributed by atoms with Crippen LogP contribution in [0, 0.1) is 0 Å². The molecule has 8 nitrogen and oxygen atoms in total. The number of hydrogen-bond acceptors (Lipinski definition) is 4. The number of carbonyl (C=O) groups is 4. The number of imide groups is 1. The van der Waals surface area contributed by atoms with Crippen molar-refractivity contribution in [1.29, 1.82) is 0 Å². The van der Waals surface area contributed by atoms with Gasteiger partial charge in [-0.3, -0.25) is 14.5 Å². The Bertz CT molecular complexity index is 397.